The number of hydrogen-bond acceptors (Lipinski definition) is 5. The summed E-state index contributed by atoms with van der Waals surface area (Å²) >= 11 is 0. The monoisotopic (exact) mass is 487 g/mol. The molecule has 1 aliphatic heterocycles. The van der Waals surface area contributed by atoms with Gasteiger partial charge in [0.2, 0.25) is 0 Å². The Hall–Kier alpha value is -1.72. The van der Waals surface area contributed by atoms with Crippen LogP contribution in [0.3, 0.4) is 0 Å². The number of rotatable bonds is 6. The first-order valence-electron chi connectivity index (χ1n) is 9.39. The molecule has 1 atom stereocenters. The van der Waals surface area contributed by atoms with Crippen LogP contribution in [-0.4, -0.2) is 42.0 Å². The number of aryl methyl sites for hydroxylation is 3. The summed E-state index contributed by atoms with van der Waals surface area (Å²) in [4.78, 5) is 9.33. The normalized spacial score (nSPS) is 16.6. The maximum atomic E-state index is 4.73. The Morgan fingerprint density at radius 2 is 2.11 bits per heavy atom. The number of aliphatic imine (C=N–C) groups is 1. The van der Waals surface area contributed by atoms with Crippen molar-refractivity contribution in [2.75, 3.05) is 6.54 Å². The highest BCUT2D eigenvalue weighted by molar-refractivity contribution is 14.0. The highest BCUT2D eigenvalue weighted by atomic mass is 127. The molecule has 9 nitrogen and oxygen atoms in total. The number of aromatic nitrogens is 6. The quantitative estimate of drug-likeness (QED) is 0.280. The maximum Gasteiger partial charge on any atom is 0.192 e. The molecule has 27 heavy (non-hydrogen) atoms. The van der Waals surface area contributed by atoms with Crippen LogP contribution < -0.4 is 10.6 Å². The summed E-state index contributed by atoms with van der Waals surface area (Å²) in [5.41, 5.74) is 0. The van der Waals surface area contributed by atoms with Crippen molar-refractivity contribution in [2.45, 2.75) is 65.6 Å². The Kier molecular flexibility index (Phi) is 7.99. The highest BCUT2D eigenvalue weighted by Gasteiger charge is 2.24. The second-order valence-electron chi connectivity index (χ2n) is 6.75. The maximum absolute atomic E-state index is 4.73. The van der Waals surface area contributed by atoms with E-state index >= 15 is 0 Å². The lowest BCUT2D eigenvalue weighted by Gasteiger charge is -2.25. The molecule has 0 fully saturated rings. The second kappa shape index (κ2) is 10.00. The van der Waals surface area contributed by atoms with Crippen molar-refractivity contribution in [3.05, 3.63) is 23.3 Å². The van der Waals surface area contributed by atoms with E-state index in [1.807, 2.05) is 30.1 Å². The summed E-state index contributed by atoms with van der Waals surface area (Å²) in [6, 6.07) is 0.124. The number of guanidine groups is 1. The van der Waals surface area contributed by atoms with Crippen molar-refractivity contribution >= 4 is 29.9 Å². The highest BCUT2D eigenvalue weighted by Crippen LogP contribution is 2.22. The number of halogens is 1. The Morgan fingerprint density at radius 3 is 2.81 bits per heavy atom. The smallest absolute Gasteiger partial charge is 0.192 e. The molecule has 0 aliphatic carbocycles. The summed E-state index contributed by atoms with van der Waals surface area (Å²) in [5.74, 6) is 4.34. The van der Waals surface area contributed by atoms with E-state index in [1.54, 1.807) is 0 Å². The minimum Gasteiger partial charge on any atom is -0.356 e. The van der Waals surface area contributed by atoms with Gasteiger partial charge in [0.05, 0.1) is 6.04 Å². The Labute approximate surface area is 177 Å². The van der Waals surface area contributed by atoms with Gasteiger partial charge in [0.15, 0.2) is 11.8 Å². The molecule has 3 heterocycles. The van der Waals surface area contributed by atoms with Crippen LogP contribution in [0, 0.1) is 13.8 Å². The van der Waals surface area contributed by atoms with Crippen LogP contribution in [0.5, 0.6) is 0 Å². The summed E-state index contributed by atoms with van der Waals surface area (Å²) < 4.78 is 3.97. The lowest BCUT2D eigenvalue weighted by atomic mass is 10.1. The van der Waals surface area contributed by atoms with E-state index in [2.05, 4.69) is 37.8 Å². The van der Waals surface area contributed by atoms with E-state index in [-0.39, 0.29) is 30.0 Å². The van der Waals surface area contributed by atoms with Gasteiger partial charge in [-0.15, -0.1) is 34.2 Å². The average molecular weight is 487 g/mol. The molecule has 0 amide bonds. The lowest BCUT2D eigenvalue weighted by molar-refractivity contribution is 0.397. The molecule has 150 valence electrons. The molecule has 2 N–H and O–H groups in total. The van der Waals surface area contributed by atoms with Crippen LogP contribution in [-0.2, 0) is 20.1 Å². The van der Waals surface area contributed by atoms with Crippen molar-refractivity contribution in [1.29, 1.82) is 0 Å². The van der Waals surface area contributed by atoms with Gasteiger partial charge in [-0.3, -0.25) is 0 Å². The van der Waals surface area contributed by atoms with E-state index in [9.17, 15) is 0 Å². The van der Waals surface area contributed by atoms with Crippen LogP contribution in [0.4, 0.5) is 0 Å². The first-order chi connectivity index (χ1) is 12.6. The molecule has 3 rings (SSSR count). The SMILES string of the molecule is CCCCNC(=NCc1nnc(C)n1C)NC1CCCn2nc(C)nc21.I. The zero-order valence-electron chi connectivity index (χ0n) is 16.6. The molecule has 10 heteroatoms. The van der Waals surface area contributed by atoms with Gasteiger partial charge >= 0.3 is 0 Å². The number of unbranched alkanes of at least 4 members (excludes halogenated alkanes) is 1. The van der Waals surface area contributed by atoms with E-state index in [0.717, 1.165) is 68.0 Å². The molecular formula is C17H30IN9. The predicted octanol–water partition coefficient (Wildman–Crippen LogP) is 2.01. The number of hydrogen-bond donors (Lipinski definition) is 2. The van der Waals surface area contributed by atoms with Crippen LogP contribution in [0.15, 0.2) is 4.99 Å². The van der Waals surface area contributed by atoms with Crippen LogP contribution in [0.2, 0.25) is 0 Å². The van der Waals surface area contributed by atoms with Crippen molar-refractivity contribution in [2.24, 2.45) is 12.0 Å². The molecule has 0 saturated carbocycles. The van der Waals surface area contributed by atoms with E-state index in [1.165, 1.54) is 0 Å². The second-order valence-corrected chi connectivity index (χ2v) is 6.75. The number of fused-ring (bicyclic) bond motifs is 1. The molecule has 0 radical (unpaired) electrons. The molecule has 0 saturated heterocycles. The molecular weight excluding hydrogens is 457 g/mol. The summed E-state index contributed by atoms with van der Waals surface area (Å²) in [6.07, 6.45) is 4.34. The summed E-state index contributed by atoms with van der Waals surface area (Å²) in [5, 5.41) is 19.7. The molecule has 0 aromatic carbocycles. The summed E-state index contributed by atoms with van der Waals surface area (Å²) in [7, 11) is 1.96. The van der Waals surface area contributed by atoms with Crippen molar-refractivity contribution < 1.29 is 0 Å². The molecule has 1 unspecified atom stereocenters. The minimum atomic E-state index is 0. The van der Waals surface area contributed by atoms with Gasteiger partial charge in [0.1, 0.15) is 24.0 Å². The topological polar surface area (TPSA) is 97.8 Å². The van der Waals surface area contributed by atoms with Crippen LogP contribution >= 0.6 is 24.0 Å². The fourth-order valence-corrected chi connectivity index (χ4v) is 3.04. The number of nitrogens with zero attached hydrogens (tertiary/aromatic N) is 7. The molecule has 0 bridgehead atoms. The van der Waals surface area contributed by atoms with Gasteiger partial charge in [-0.25, -0.2) is 14.7 Å². The standard InChI is InChI=1S/C17H29N9.HI/c1-5-6-9-18-17(19-11-15-23-22-13(3)25(15)4)21-14-8-7-10-26-16(14)20-12(2)24-26;/h14H,5-11H2,1-4H3,(H2,18,19,21);1H. The fraction of sp³-hybridized carbons (Fsp3) is 0.706. The molecule has 2 aromatic rings. The van der Waals surface area contributed by atoms with Gasteiger partial charge in [-0.05, 0) is 33.1 Å². The fourth-order valence-electron chi connectivity index (χ4n) is 3.04. The third-order valence-corrected chi connectivity index (χ3v) is 4.68. The van der Waals surface area contributed by atoms with Gasteiger partial charge in [-0.2, -0.15) is 5.10 Å². The molecule has 2 aromatic heterocycles. The Balaban J connectivity index is 0.00000261. The van der Waals surface area contributed by atoms with Crippen molar-refractivity contribution in [3.63, 3.8) is 0 Å². The largest absolute Gasteiger partial charge is 0.356 e. The lowest BCUT2D eigenvalue weighted by Crippen LogP contribution is -2.42. The first-order valence-corrected chi connectivity index (χ1v) is 9.39. The predicted molar refractivity (Wildman–Crippen MR) is 115 cm³/mol. The van der Waals surface area contributed by atoms with Gasteiger partial charge in [-0.1, -0.05) is 13.3 Å². The van der Waals surface area contributed by atoms with Crippen molar-refractivity contribution in [3.8, 4) is 0 Å². The van der Waals surface area contributed by atoms with E-state index in [4.69, 9.17) is 4.99 Å². The Morgan fingerprint density at radius 1 is 1.30 bits per heavy atom. The van der Waals surface area contributed by atoms with Crippen LogP contribution in [0.25, 0.3) is 0 Å². The molecule has 0 spiro atoms. The van der Waals surface area contributed by atoms with E-state index in [0.29, 0.717) is 6.54 Å². The van der Waals surface area contributed by atoms with Gasteiger partial charge < -0.3 is 15.2 Å². The third-order valence-electron chi connectivity index (χ3n) is 4.68. The zero-order chi connectivity index (χ0) is 18.5. The first kappa shape index (κ1) is 21.6. The minimum absolute atomic E-state index is 0. The van der Waals surface area contributed by atoms with E-state index < -0.39 is 0 Å². The average Bonchev–Trinajstić information content (AvgIpc) is 3.16. The van der Waals surface area contributed by atoms with Gasteiger partial charge in [0.25, 0.3) is 0 Å². The zero-order valence-corrected chi connectivity index (χ0v) is 18.9. The van der Waals surface area contributed by atoms with Crippen LogP contribution in [0.1, 0.15) is 61.9 Å². The van der Waals surface area contributed by atoms with Gasteiger partial charge in [0, 0.05) is 20.1 Å². The molecule has 1 aliphatic rings. The Bertz CT molecular complexity index is 765. The van der Waals surface area contributed by atoms with Crippen molar-refractivity contribution in [1.82, 2.24) is 40.2 Å². The number of nitrogens with one attached hydrogen (secondary N) is 2. The third kappa shape index (κ3) is 5.39. The summed E-state index contributed by atoms with van der Waals surface area (Å²) in [6.45, 7) is 8.36.